The first kappa shape index (κ1) is 9.34. The lowest BCUT2D eigenvalue weighted by Gasteiger charge is -2.19. The van der Waals surface area contributed by atoms with Crippen molar-refractivity contribution in [3.63, 3.8) is 0 Å². The van der Waals surface area contributed by atoms with Crippen LogP contribution in [-0.2, 0) is 4.74 Å². The molecule has 0 radical (unpaired) electrons. The van der Waals surface area contributed by atoms with Crippen LogP contribution in [0.2, 0.25) is 0 Å². The van der Waals surface area contributed by atoms with Crippen LogP contribution in [0.15, 0.2) is 28.6 Å². The van der Waals surface area contributed by atoms with Crippen molar-refractivity contribution in [3.8, 4) is 0 Å². The molecule has 0 fully saturated rings. The van der Waals surface area contributed by atoms with Gasteiger partial charge in [0.2, 0.25) is 0 Å². The number of ether oxygens (including phenoxy) is 1. The van der Waals surface area contributed by atoms with Gasteiger partial charge in [0.05, 0.1) is 25.2 Å². The van der Waals surface area contributed by atoms with Crippen molar-refractivity contribution in [1.29, 1.82) is 0 Å². The van der Waals surface area contributed by atoms with Crippen molar-refractivity contribution in [1.82, 2.24) is 0 Å². The van der Waals surface area contributed by atoms with Crippen molar-refractivity contribution in [2.24, 2.45) is 5.73 Å². The van der Waals surface area contributed by atoms with Gasteiger partial charge in [-0.2, -0.15) is 0 Å². The van der Waals surface area contributed by atoms with Crippen LogP contribution in [0, 0.1) is 6.92 Å². The average molecular weight is 193 g/mol. The number of hydrogen-bond donors (Lipinski definition) is 1. The van der Waals surface area contributed by atoms with Crippen molar-refractivity contribution in [2.75, 3.05) is 6.61 Å². The monoisotopic (exact) mass is 193 g/mol. The van der Waals surface area contributed by atoms with Crippen molar-refractivity contribution in [2.45, 2.75) is 25.8 Å². The zero-order chi connectivity index (χ0) is 9.97. The van der Waals surface area contributed by atoms with E-state index in [0.717, 1.165) is 36.3 Å². The van der Waals surface area contributed by atoms with Crippen LogP contribution in [0.3, 0.4) is 0 Å². The molecule has 0 saturated heterocycles. The summed E-state index contributed by atoms with van der Waals surface area (Å²) in [5.41, 5.74) is 8.32. The first-order chi connectivity index (χ1) is 6.79. The minimum absolute atomic E-state index is 0.0750. The van der Waals surface area contributed by atoms with E-state index in [9.17, 15) is 0 Å². The van der Waals surface area contributed by atoms with E-state index in [1.54, 1.807) is 12.5 Å². The molecule has 76 valence electrons. The van der Waals surface area contributed by atoms with E-state index in [-0.39, 0.29) is 6.04 Å². The third kappa shape index (κ3) is 1.68. The Morgan fingerprint density at radius 1 is 1.50 bits per heavy atom. The van der Waals surface area contributed by atoms with Gasteiger partial charge >= 0.3 is 0 Å². The lowest BCUT2D eigenvalue weighted by atomic mass is 9.97. The smallest absolute Gasteiger partial charge is 0.105 e. The summed E-state index contributed by atoms with van der Waals surface area (Å²) < 4.78 is 10.5. The summed E-state index contributed by atoms with van der Waals surface area (Å²) in [6.07, 6.45) is 5.54. The average Bonchev–Trinajstić information content (AvgIpc) is 2.65. The van der Waals surface area contributed by atoms with Gasteiger partial charge in [0.25, 0.3) is 0 Å². The third-order valence-corrected chi connectivity index (χ3v) is 2.60. The summed E-state index contributed by atoms with van der Waals surface area (Å²) in [6.45, 7) is 2.74. The van der Waals surface area contributed by atoms with Crippen molar-refractivity contribution >= 4 is 0 Å². The van der Waals surface area contributed by atoms with Gasteiger partial charge in [0, 0.05) is 5.56 Å². The molecule has 1 unspecified atom stereocenters. The Morgan fingerprint density at radius 3 is 2.93 bits per heavy atom. The van der Waals surface area contributed by atoms with E-state index in [1.807, 2.05) is 13.0 Å². The Hall–Kier alpha value is -1.22. The Balaban J connectivity index is 2.19. The van der Waals surface area contributed by atoms with E-state index in [0.29, 0.717) is 0 Å². The molecule has 0 amide bonds. The Labute approximate surface area is 83.5 Å². The second-order valence-electron chi connectivity index (χ2n) is 3.58. The van der Waals surface area contributed by atoms with Gasteiger partial charge in [-0.25, -0.2) is 0 Å². The number of rotatable bonds is 2. The van der Waals surface area contributed by atoms with Gasteiger partial charge in [-0.1, -0.05) is 0 Å². The molecule has 1 aromatic heterocycles. The third-order valence-electron chi connectivity index (χ3n) is 2.60. The molecule has 2 rings (SSSR count). The molecule has 3 heteroatoms. The highest BCUT2D eigenvalue weighted by molar-refractivity contribution is 5.28. The van der Waals surface area contributed by atoms with Crippen LogP contribution < -0.4 is 5.73 Å². The van der Waals surface area contributed by atoms with E-state index in [2.05, 4.69) is 0 Å². The molecule has 0 spiro atoms. The van der Waals surface area contributed by atoms with Crippen molar-refractivity contribution in [3.05, 3.63) is 35.5 Å². The fraction of sp³-hybridized carbons (Fsp3) is 0.455. The molecule has 1 aliphatic heterocycles. The minimum Gasteiger partial charge on any atom is -0.501 e. The predicted molar refractivity (Wildman–Crippen MR) is 53.6 cm³/mol. The fourth-order valence-electron chi connectivity index (χ4n) is 1.73. The summed E-state index contributed by atoms with van der Waals surface area (Å²) in [5.74, 6) is 0.893. The fourth-order valence-corrected chi connectivity index (χ4v) is 1.73. The van der Waals surface area contributed by atoms with E-state index in [4.69, 9.17) is 14.9 Å². The second-order valence-corrected chi connectivity index (χ2v) is 3.58. The summed E-state index contributed by atoms with van der Waals surface area (Å²) in [6, 6.07) is 1.85. The first-order valence-corrected chi connectivity index (χ1v) is 4.89. The topological polar surface area (TPSA) is 48.4 Å². The lowest BCUT2D eigenvalue weighted by molar-refractivity contribution is 0.221. The standard InChI is InChI=1S/C11H15NO2/c1-8-10(4-6-14-8)11(12)9-3-2-5-13-7-9/h4,6-7,11H,2-3,5,12H2,1H3. The molecule has 3 nitrogen and oxygen atoms in total. The maximum Gasteiger partial charge on any atom is 0.105 e. The Kier molecular flexibility index (Phi) is 2.59. The van der Waals surface area contributed by atoms with E-state index >= 15 is 0 Å². The molecule has 1 atom stereocenters. The minimum atomic E-state index is -0.0750. The molecule has 0 bridgehead atoms. The van der Waals surface area contributed by atoms with E-state index < -0.39 is 0 Å². The first-order valence-electron chi connectivity index (χ1n) is 4.89. The summed E-state index contributed by atoms with van der Waals surface area (Å²) >= 11 is 0. The van der Waals surface area contributed by atoms with Gasteiger partial charge in [-0.05, 0) is 31.4 Å². The van der Waals surface area contributed by atoms with Crippen LogP contribution >= 0.6 is 0 Å². The molecule has 0 aromatic carbocycles. The van der Waals surface area contributed by atoms with Gasteiger partial charge in [-0.3, -0.25) is 0 Å². The van der Waals surface area contributed by atoms with Gasteiger partial charge < -0.3 is 14.9 Å². The largest absolute Gasteiger partial charge is 0.501 e. The number of aryl methyl sites for hydroxylation is 1. The van der Waals surface area contributed by atoms with Gasteiger partial charge in [-0.15, -0.1) is 0 Å². The predicted octanol–water partition coefficient (Wildman–Crippen LogP) is 2.28. The van der Waals surface area contributed by atoms with Crippen molar-refractivity contribution < 1.29 is 9.15 Å². The molecular formula is C11H15NO2. The summed E-state index contributed by atoms with van der Waals surface area (Å²) in [7, 11) is 0. The van der Waals surface area contributed by atoms with Crippen LogP contribution in [0.25, 0.3) is 0 Å². The molecule has 0 aliphatic carbocycles. The molecular weight excluding hydrogens is 178 g/mol. The number of furan rings is 1. The number of hydrogen-bond acceptors (Lipinski definition) is 3. The molecule has 2 N–H and O–H groups in total. The molecule has 2 heterocycles. The molecule has 1 aromatic rings. The van der Waals surface area contributed by atoms with Crippen LogP contribution in [-0.4, -0.2) is 6.61 Å². The van der Waals surface area contributed by atoms with Gasteiger partial charge in [0.15, 0.2) is 0 Å². The quantitative estimate of drug-likeness (QED) is 0.783. The summed E-state index contributed by atoms with van der Waals surface area (Å²) in [4.78, 5) is 0. The van der Waals surface area contributed by atoms with E-state index in [1.165, 1.54) is 0 Å². The SMILES string of the molecule is Cc1occc1C(N)C1=COCCC1. The normalized spacial score (nSPS) is 18.6. The van der Waals surface area contributed by atoms with Crippen LogP contribution in [0.5, 0.6) is 0 Å². The second kappa shape index (κ2) is 3.88. The highest BCUT2D eigenvalue weighted by Gasteiger charge is 2.17. The number of nitrogens with two attached hydrogens (primary N) is 1. The lowest BCUT2D eigenvalue weighted by Crippen LogP contribution is -2.16. The van der Waals surface area contributed by atoms with Gasteiger partial charge in [0.1, 0.15) is 5.76 Å². The zero-order valence-electron chi connectivity index (χ0n) is 8.32. The maximum absolute atomic E-state index is 6.11. The zero-order valence-corrected chi connectivity index (χ0v) is 8.32. The summed E-state index contributed by atoms with van der Waals surface area (Å²) in [5, 5.41) is 0. The highest BCUT2D eigenvalue weighted by Crippen LogP contribution is 2.27. The maximum atomic E-state index is 6.11. The molecule has 1 aliphatic rings. The van der Waals surface area contributed by atoms with Crippen LogP contribution in [0.4, 0.5) is 0 Å². The molecule has 0 saturated carbocycles. The molecule has 14 heavy (non-hydrogen) atoms. The van der Waals surface area contributed by atoms with Crippen LogP contribution in [0.1, 0.15) is 30.2 Å². The highest BCUT2D eigenvalue weighted by atomic mass is 16.5. The Morgan fingerprint density at radius 2 is 2.36 bits per heavy atom. The Bertz CT molecular complexity index is 341.